The quantitative estimate of drug-likeness (QED) is 0.603. The van der Waals surface area contributed by atoms with Crippen molar-refractivity contribution in [1.82, 2.24) is 5.32 Å². The molecule has 1 N–H and O–H groups in total. The predicted octanol–water partition coefficient (Wildman–Crippen LogP) is 2.31. The third-order valence-corrected chi connectivity index (χ3v) is 3.74. The molecule has 0 aromatic carbocycles. The van der Waals surface area contributed by atoms with Gasteiger partial charge in [-0.15, -0.1) is 0 Å². The monoisotopic (exact) mass is 219 g/mol. The van der Waals surface area contributed by atoms with E-state index in [0.717, 1.165) is 30.9 Å². The van der Waals surface area contributed by atoms with E-state index < -0.39 is 10.8 Å². The van der Waals surface area contributed by atoms with Gasteiger partial charge in [0.1, 0.15) is 0 Å². The van der Waals surface area contributed by atoms with Crippen molar-refractivity contribution >= 4 is 10.8 Å². The topological polar surface area (TPSA) is 29.1 Å². The van der Waals surface area contributed by atoms with Crippen LogP contribution in [-0.4, -0.2) is 28.3 Å². The molecule has 0 rings (SSSR count). The molecule has 0 bridgehead atoms. The molecule has 0 amide bonds. The first-order chi connectivity index (χ1) is 6.70. The molecule has 2 atom stereocenters. The summed E-state index contributed by atoms with van der Waals surface area (Å²) in [6.45, 7) is 7.45. The molecule has 3 heteroatoms. The van der Waals surface area contributed by atoms with Crippen LogP contribution in [-0.2, 0) is 10.8 Å². The van der Waals surface area contributed by atoms with E-state index in [9.17, 15) is 4.21 Å². The fourth-order valence-electron chi connectivity index (χ4n) is 1.37. The molecular formula is C11H25NOS. The minimum atomic E-state index is -0.586. The van der Waals surface area contributed by atoms with E-state index in [4.69, 9.17) is 0 Å². The molecular weight excluding hydrogens is 194 g/mol. The van der Waals surface area contributed by atoms with Gasteiger partial charge in [-0.05, 0) is 26.3 Å². The van der Waals surface area contributed by atoms with E-state index in [0.29, 0.717) is 6.04 Å². The van der Waals surface area contributed by atoms with Crippen molar-refractivity contribution in [2.24, 2.45) is 0 Å². The Hall–Kier alpha value is 0.110. The summed E-state index contributed by atoms with van der Waals surface area (Å²) < 4.78 is 11.5. The number of hydrogen-bond acceptors (Lipinski definition) is 2. The van der Waals surface area contributed by atoms with E-state index in [1.54, 1.807) is 0 Å². The zero-order valence-corrected chi connectivity index (χ0v) is 10.7. The normalized spacial score (nSPS) is 15.4. The lowest BCUT2D eigenvalue weighted by Gasteiger charge is -2.11. The maximum atomic E-state index is 11.5. The highest BCUT2D eigenvalue weighted by Crippen LogP contribution is 1.99. The van der Waals surface area contributed by atoms with Crippen LogP contribution in [0, 0.1) is 0 Å². The van der Waals surface area contributed by atoms with Crippen molar-refractivity contribution in [1.29, 1.82) is 0 Å². The number of nitrogens with one attached hydrogen (secondary N) is 1. The lowest BCUT2D eigenvalue weighted by molar-refractivity contribution is 0.552. The van der Waals surface area contributed by atoms with Crippen LogP contribution in [0.5, 0.6) is 0 Å². The second kappa shape index (κ2) is 9.66. The Bertz CT molecular complexity index is 150. The second-order valence-electron chi connectivity index (χ2n) is 3.80. The molecule has 0 aliphatic heterocycles. The van der Waals surface area contributed by atoms with Crippen molar-refractivity contribution in [3.05, 3.63) is 0 Å². The molecule has 0 aromatic rings. The minimum Gasteiger partial charge on any atom is -0.315 e. The highest BCUT2D eigenvalue weighted by atomic mass is 32.2. The fraction of sp³-hybridized carbons (Fsp3) is 1.00. The van der Waals surface area contributed by atoms with Gasteiger partial charge < -0.3 is 5.32 Å². The van der Waals surface area contributed by atoms with Crippen LogP contribution in [0.4, 0.5) is 0 Å². The van der Waals surface area contributed by atoms with E-state index >= 15 is 0 Å². The Kier molecular flexibility index (Phi) is 9.73. The molecule has 0 spiro atoms. The van der Waals surface area contributed by atoms with Gasteiger partial charge in [0.15, 0.2) is 0 Å². The SMILES string of the molecule is CCCCCS(=O)CCC(C)NCC. The summed E-state index contributed by atoms with van der Waals surface area (Å²) >= 11 is 0. The van der Waals surface area contributed by atoms with Gasteiger partial charge in [-0.2, -0.15) is 0 Å². The molecule has 14 heavy (non-hydrogen) atoms. The largest absolute Gasteiger partial charge is 0.315 e. The summed E-state index contributed by atoms with van der Waals surface area (Å²) in [7, 11) is -0.586. The molecule has 0 saturated heterocycles. The fourth-order valence-corrected chi connectivity index (χ4v) is 2.72. The standard InChI is InChI=1S/C11H25NOS/c1-4-6-7-9-14(13)10-8-11(3)12-5-2/h11-12H,4-10H2,1-3H3. The Labute approximate surface area is 91.3 Å². The van der Waals surface area contributed by atoms with Crippen molar-refractivity contribution in [2.75, 3.05) is 18.1 Å². The highest BCUT2D eigenvalue weighted by Gasteiger charge is 2.03. The summed E-state index contributed by atoms with van der Waals surface area (Å²) in [6.07, 6.45) is 4.59. The zero-order valence-electron chi connectivity index (χ0n) is 9.84. The molecule has 0 fully saturated rings. The Morgan fingerprint density at radius 2 is 1.93 bits per heavy atom. The maximum absolute atomic E-state index is 11.5. The average molecular weight is 219 g/mol. The van der Waals surface area contributed by atoms with Gasteiger partial charge in [0.2, 0.25) is 0 Å². The average Bonchev–Trinajstić information content (AvgIpc) is 2.16. The summed E-state index contributed by atoms with van der Waals surface area (Å²) in [6, 6.07) is 0.509. The van der Waals surface area contributed by atoms with Crippen LogP contribution in [0.2, 0.25) is 0 Å². The van der Waals surface area contributed by atoms with Gasteiger partial charge in [-0.25, -0.2) is 0 Å². The summed E-state index contributed by atoms with van der Waals surface area (Å²) in [4.78, 5) is 0. The van der Waals surface area contributed by atoms with Gasteiger partial charge >= 0.3 is 0 Å². The van der Waals surface area contributed by atoms with Crippen LogP contribution in [0.3, 0.4) is 0 Å². The summed E-state index contributed by atoms with van der Waals surface area (Å²) in [5.41, 5.74) is 0. The number of rotatable bonds is 9. The molecule has 0 aromatic heterocycles. The molecule has 0 saturated carbocycles. The van der Waals surface area contributed by atoms with Gasteiger partial charge in [0, 0.05) is 28.3 Å². The Balaban J connectivity index is 3.34. The maximum Gasteiger partial charge on any atom is 0.0249 e. The smallest absolute Gasteiger partial charge is 0.0249 e. The van der Waals surface area contributed by atoms with Crippen molar-refractivity contribution in [2.45, 2.75) is 52.5 Å². The van der Waals surface area contributed by atoms with E-state index in [1.807, 2.05) is 0 Å². The predicted molar refractivity (Wildman–Crippen MR) is 65.2 cm³/mol. The zero-order chi connectivity index (χ0) is 10.8. The van der Waals surface area contributed by atoms with Crippen LogP contribution in [0.25, 0.3) is 0 Å². The molecule has 0 heterocycles. The first-order valence-electron chi connectivity index (χ1n) is 5.79. The van der Waals surface area contributed by atoms with E-state index in [-0.39, 0.29) is 0 Å². The van der Waals surface area contributed by atoms with E-state index in [2.05, 4.69) is 26.1 Å². The van der Waals surface area contributed by atoms with Crippen molar-refractivity contribution < 1.29 is 4.21 Å². The lowest BCUT2D eigenvalue weighted by Crippen LogP contribution is -2.27. The number of unbranched alkanes of at least 4 members (excludes halogenated alkanes) is 2. The Morgan fingerprint density at radius 3 is 2.50 bits per heavy atom. The van der Waals surface area contributed by atoms with Crippen LogP contribution in [0.15, 0.2) is 0 Å². The third kappa shape index (κ3) is 8.70. The third-order valence-electron chi connectivity index (χ3n) is 2.31. The van der Waals surface area contributed by atoms with Crippen LogP contribution >= 0.6 is 0 Å². The second-order valence-corrected chi connectivity index (χ2v) is 5.50. The Morgan fingerprint density at radius 1 is 1.21 bits per heavy atom. The number of hydrogen-bond donors (Lipinski definition) is 1. The van der Waals surface area contributed by atoms with Crippen LogP contribution < -0.4 is 5.32 Å². The molecule has 2 nitrogen and oxygen atoms in total. The highest BCUT2D eigenvalue weighted by molar-refractivity contribution is 7.84. The summed E-state index contributed by atoms with van der Waals surface area (Å²) in [5, 5.41) is 3.33. The molecule has 2 unspecified atom stereocenters. The first-order valence-corrected chi connectivity index (χ1v) is 7.27. The van der Waals surface area contributed by atoms with Crippen LogP contribution in [0.1, 0.15) is 46.5 Å². The lowest BCUT2D eigenvalue weighted by atomic mass is 10.3. The van der Waals surface area contributed by atoms with E-state index in [1.165, 1.54) is 12.8 Å². The summed E-state index contributed by atoms with van der Waals surface area (Å²) in [5.74, 6) is 1.75. The van der Waals surface area contributed by atoms with Gasteiger partial charge in [0.05, 0.1) is 0 Å². The molecule has 86 valence electrons. The van der Waals surface area contributed by atoms with Gasteiger partial charge in [-0.3, -0.25) is 4.21 Å². The van der Waals surface area contributed by atoms with Crippen molar-refractivity contribution in [3.63, 3.8) is 0 Å². The van der Waals surface area contributed by atoms with Crippen molar-refractivity contribution in [3.8, 4) is 0 Å². The van der Waals surface area contributed by atoms with Gasteiger partial charge in [0.25, 0.3) is 0 Å². The molecule has 0 aliphatic rings. The van der Waals surface area contributed by atoms with Gasteiger partial charge in [-0.1, -0.05) is 26.7 Å². The first kappa shape index (κ1) is 14.1. The molecule has 0 aliphatic carbocycles. The molecule has 0 radical (unpaired) electrons. The minimum absolute atomic E-state index is 0.509.